The molecule has 2 fully saturated rings. The first-order valence-electron chi connectivity index (χ1n) is 11.6. The third kappa shape index (κ3) is 2.84. The molecule has 0 unspecified atom stereocenters. The first kappa shape index (κ1) is 18.6. The van der Waals surface area contributed by atoms with Crippen LogP contribution >= 0.6 is 0 Å². The fraction of sp³-hybridized carbons (Fsp3) is 0.538. The highest BCUT2D eigenvalue weighted by molar-refractivity contribution is 5.46. The van der Waals surface area contributed by atoms with E-state index in [1.54, 1.807) is 18.2 Å². The van der Waals surface area contributed by atoms with Crippen molar-refractivity contribution in [2.45, 2.75) is 56.4 Å². The lowest BCUT2D eigenvalue weighted by atomic mass is 9.52. The number of benzene rings is 2. The number of piperidine rings is 1. The van der Waals surface area contributed by atoms with Crippen molar-refractivity contribution in [3.63, 3.8) is 0 Å². The summed E-state index contributed by atoms with van der Waals surface area (Å²) in [5, 5.41) is 0. The van der Waals surface area contributed by atoms with Gasteiger partial charge < -0.3 is 14.2 Å². The highest BCUT2D eigenvalue weighted by Gasteiger charge is 2.53. The molecule has 0 amide bonds. The van der Waals surface area contributed by atoms with Crippen LogP contribution in [-0.2, 0) is 18.3 Å². The molecule has 2 aliphatic heterocycles. The highest BCUT2D eigenvalue weighted by Crippen LogP contribution is 2.56. The van der Waals surface area contributed by atoms with Crippen molar-refractivity contribution >= 4 is 0 Å². The monoisotopic (exact) mass is 405 g/mol. The Balaban J connectivity index is 1.26. The second kappa shape index (κ2) is 7.19. The number of fused-ring (bicyclic) bond motifs is 2. The van der Waals surface area contributed by atoms with E-state index in [-0.39, 0.29) is 0 Å². The van der Waals surface area contributed by atoms with Crippen molar-refractivity contribution < 1.29 is 14.2 Å². The minimum absolute atomic E-state index is 0.348. The van der Waals surface area contributed by atoms with Crippen molar-refractivity contribution in [3.05, 3.63) is 53.1 Å². The Labute approximate surface area is 179 Å². The predicted molar refractivity (Wildman–Crippen MR) is 117 cm³/mol. The van der Waals surface area contributed by atoms with E-state index >= 15 is 0 Å². The van der Waals surface area contributed by atoms with Crippen LogP contribution < -0.4 is 14.2 Å². The summed E-state index contributed by atoms with van der Waals surface area (Å²) in [6.45, 7) is 2.69. The second-order valence-corrected chi connectivity index (χ2v) is 9.53. The smallest absolute Gasteiger partial charge is 0.231 e. The van der Waals surface area contributed by atoms with E-state index in [1.165, 1.54) is 50.6 Å². The highest BCUT2D eigenvalue weighted by atomic mass is 16.7. The molecule has 4 aliphatic rings. The SMILES string of the molecule is COc1ccc2c(c1)[C@@]13CCCC[C@H]1[C@H](C2)N(CCc1ccc2c(c1)OCO2)CC3. The van der Waals surface area contributed by atoms with Crippen LogP contribution in [-0.4, -0.2) is 37.9 Å². The van der Waals surface area contributed by atoms with Crippen LogP contribution in [0.5, 0.6) is 17.2 Å². The van der Waals surface area contributed by atoms with Gasteiger partial charge in [-0.2, -0.15) is 0 Å². The van der Waals surface area contributed by atoms with Gasteiger partial charge in [-0.3, -0.25) is 4.90 Å². The fourth-order valence-electron chi connectivity index (χ4n) is 6.84. The van der Waals surface area contributed by atoms with Crippen LogP contribution in [0, 0.1) is 5.92 Å². The number of hydrogen-bond donors (Lipinski definition) is 0. The average Bonchev–Trinajstić information content (AvgIpc) is 3.26. The summed E-state index contributed by atoms with van der Waals surface area (Å²) in [7, 11) is 1.79. The third-order valence-electron chi connectivity index (χ3n) is 8.28. The normalized spacial score (nSPS) is 29.2. The molecule has 2 aromatic carbocycles. The van der Waals surface area contributed by atoms with Gasteiger partial charge in [-0.25, -0.2) is 0 Å². The van der Waals surface area contributed by atoms with Crippen LogP contribution in [0.1, 0.15) is 48.8 Å². The molecule has 0 N–H and O–H groups in total. The van der Waals surface area contributed by atoms with E-state index in [9.17, 15) is 0 Å². The van der Waals surface area contributed by atoms with E-state index in [1.807, 2.05) is 0 Å². The Hall–Kier alpha value is -2.20. The van der Waals surface area contributed by atoms with Crippen molar-refractivity contribution in [1.29, 1.82) is 0 Å². The number of ether oxygens (including phenoxy) is 3. The quantitative estimate of drug-likeness (QED) is 0.736. The molecule has 0 radical (unpaired) electrons. The first-order valence-corrected chi connectivity index (χ1v) is 11.6. The molecule has 30 heavy (non-hydrogen) atoms. The van der Waals surface area contributed by atoms with E-state index in [2.05, 4.69) is 41.3 Å². The number of methoxy groups -OCH3 is 1. The van der Waals surface area contributed by atoms with Crippen molar-refractivity contribution in [2.75, 3.05) is 27.0 Å². The van der Waals surface area contributed by atoms with Gasteiger partial charge in [-0.15, -0.1) is 0 Å². The molecule has 0 spiro atoms. The first-order chi connectivity index (χ1) is 14.8. The van der Waals surface area contributed by atoms with E-state index in [4.69, 9.17) is 14.2 Å². The van der Waals surface area contributed by atoms with Gasteiger partial charge in [0.05, 0.1) is 7.11 Å². The molecule has 1 saturated heterocycles. The number of hydrogen-bond acceptors (Lipinski definition) is 4. The molecule has 2 aromatic rings. The molecular weight excluding hydrogens is 374 g/mol. The molecular formula is C26H31NO3. The van der Waals surface area contributed by atoms with Crippen LogP contribution in [0.25, 0.3) is 0 Å². The van der Waals surface area contributed by atoms with Gasteiger partial charge in [0.25, 0.3) is 0 Å². The maximum absolute atomic E-state index is 5.61. The lowest BCUT2D eigenvalue weighted by molar-refractivity contribution is -0.0106. The molecule has 0 aromatic heterocycles. The number of likely N-dealkylation sites (tertiary alicyclic amines) is 1. The Kier molecular flexibility index (Phi) is 4.45. The zero-order chi connectivity index (χ0) is 20.1. The Bertz CT molecular complexity index is 957. The van der Waals surface area contributed by atoms with Gasteiger partial charge in [0.15, 0.2) is 11.5 Å². The lowest BCUT2D eigenvalue weighted by Crippen LogP contribution is -2.61. The zero-order valence-corrected chi connectivity index (χ0v) is 17.9. The van der Waals surface area contributed by atoms with Crippen molar-refractivity contribution in [3.8, 4) is 17.2 Å². The van der Waals surface area contributed by atoms with E-state index in [0.717, 1.165) is 36.1 Å². The van der Waals surface area contributed by atoms with Crippen LogP contribution in [0.3, 0.4) is 0 Å². The summed E-state index contributed by atoms with van der Waals surface area (Å²) < 4.78 is 16.7. The maximum Gasteiger partial charge on any atom is 0.231 e. The van der Waals surface area contributed by atoms with E-state index in [0.29, 0.717) is 18.2 Å². The summed E-state index contributed by atoms with van der Waals surface area (Å²) in [4.78, 5) is 2.80. The third-order valence-corrected chi connectivity index (χ3v) is 8.28. The van der Waals surface area contributed by atoms with Crippen molar-refractivity contribution in [1.82, 2.24) is 4.90 Å². The molecule has 2 aliphatic carbocycles. The van der Waals surface area contributed by atoms with Gasteiger partial charge in [0, 0.05) is 18.0 Å². The lowest BCUT2D eigenvalue weighted by Gasteiger charge is -2.59. The summed E-state index contributed by atoms with van der Waals surface area (Å²) in [6, 6.07) is 14.0. The van der Waals surface area contributed by atoms with Crippen molar-refractivity contribution in [2.24, 2.45) is 5.92 Å². The standard InChI is InChI=1S/C26H31NO3/c1-28-20-7-6-19-15-23-21-4-2-3-10-26(21,22(19)16-20)11-13-27(23)12-9-18-5-8-24-25(14-18)30-17-29-24/h5-8,14,16,21,23H,2-4,9-13,15,17H2,1H3/t21-,23-,26+/m0/s1. The number of rotatable bonds is 4. The Morgan fingerprint density at radius 3 is 2.93 bits per heavy atom. The Morgan fingerprint density at radius 1 is 1.07 bits per heavy atom. The molecule has 158 valence electrons. The fourth-order valence-corrected chi connectivity index (χ4v) is 6.84. The number of nitrogens with zero attached hydrogens (tertiary/aromatic N) is 1. The minimum atomic E-state index is 0.348. The molecule has 4 nitrogen and oxygen atoms in total. The van der Waals surface area contributed by atoms with Crippen LogP contribution in [0.4, 0.5) is 0 Å². The molecule has 1 saturated carbocycles. The summed E-state index contributed by atoms with van der Waals surface area (Å²) >= 11 is 0. The summed E-state index contributed by atoms with van der Waals surface area (Å²) in [6.07, 6.45) is 9.03. The predicted octanol–water partition coefficient (Wildman–Crippen LogP) is 4.73. The minimum Gasteiger partial charge on any atom is -0.497 e. The van der Waals surface area contributed by atoms with Gasteiger partial charge in [0.2, 0.25) is 6.79 Å². The maximum atomic E-state index is 5.61. The van der Waals surface area contributed by atoms with Gasteiger partial charge in [-0.1, -0.05) is 25.0 Å². The van der Waals surface area contributed by atoms with Gasteiger partial charge in [-0.05, 0) is 85.5 Å². The molecule has 6 rings (SSSR count). The summed E-state index contributed by atoms with van der Waals surface area (Å²) in [5.41, 5.74) is 4.89. The van der Waals surface area contributed by atoms with Crippen LogP contribution in [0.15, 0.2) is 36.4 Å². The Morgan fingerprint density at radius 2 is 2.00 bits per heavy atom. The molecule has 3 atom stereocenters. The average molecular weight is 406 g/mol. The topological polar surface area (TPSA) is 30.9 Å². The molecule has 2 bridgehead atoms. The van der Waals surface area contributed by atoms with Gasteiger partial charge in [0.1, 0.15) is 5.75 Å². The second-order valence-electron chi connectivity index (χ2n) is 9.53. The largest absolute Gasteiger partial charge is 0.497 e. The van der Waals surface area contributed by atoms with E-state index < -0.39 is 0 Å². The molecule has 4 heteroatoms. The zero-order valence-electron chi connectivity index (χ0n) is 17.9. The molecule has 2 heterocycles. The summed E-state index contributed by atoms with van der Waals surface area (Å²) in [5.74, 6) is 3.59. The van der Waals surface area contributed by atoms with Gasteiger partial charge >= 0.3 is 0 Å². The van der Waals surface area contributed by atoms with Crippen LogP contribution in [0.2, 0.25) is 0 Å².